The quantitative estimate of drug-likeness (QED) is 0.320. The lowest BCUT2D eigenvalue weighted by Crippen LogP contribution is -2.52. The molecule has 4 aliphatic carbocycles. The minimum Gasteiger partial charge on any atom is -0.463 e. The highest BCUT2D eigenvalue weighted by Crippen LogP contribution is 2.66. The summed E-state index contributed by atoms with van der Waals surface area (Å²) in [4.78, 5) is 11.5. The van der Waals surface area contributed by atoms with Crippen LogP contribution in [0.2, 0.25) is 0 Å². The molecule has 3 fully saturated rings. The first kappa shape index (κ1) is 24.1. The van der Waals surface area contributed by atoms with Crippen molar-refractivity contribution in [2.75, 3.05) is 0 Å². The van der Waals surface area contributed by atoms with E-state index in [1.807, 2.05) is 5.57 Å². The van der Waals surface area contributed by atoms with Gasteiger partial charge in [0.2, 0.25) is 0 Å². The van der Waals surface area contributed by atoms with Crippen molar-refractivity contribution in [3.63, 3.8) is 0 Å². The van der Waals surface area contributed by atoms with E-state index < -0.39 is 0 Å². The van der Waals surface area contributed by atoms with Crippen molar-refractivity contribution >= 4 is 5.97 Å². The molecular weight excluding hydrogens is 392 g/mol. The summed E-state index contributed by atoms with van der Waals surface area (Å²) in [6.45, 7) is 16.2. The van der Waals surface area contributed by atoms with E-state index in [1.165, 1.54) is 38.5 Å². The molecule has 0 N–H and O–H groups in total. The smallest absolute Gasteiger partial charge is 0.302 e. The zero-order valence-electron chi connectivity index (χ0n) is 21.8. The average Bonchev–Trinajstić information content (AvgIpc) is 3.08. The van der Waals surface area contributed by atoms with Crippen LogP contribution in [0.4, 0.5) is 0 Å². The number of hydrogen-bond acceptors (Lipinski definition) is 2. The average molecular weight is 441 g/mol. The van der Waals surface area contributed by atoms with Crippen molar-refractivity contribution in [3.05, 3.63) is 23.8 Å². The molecule has 9 atom stereocenters. The van der Waals surface area contributed by atoms with Crippen molar-refractivity contribution in [3.8, 4) is 0 Å². The SMILES string of the molecule is CC(=O)OC1CCC2(C)C(CCC3C4=CCC(C(C)C=CC(C)C(C)C)C4(C)CCC32)C1. The molecule has 32 heavy (non-hydrogen) atoms. The molecule has 0 saturated heterocycles. The molecule has 0 bridgehead atoms. The summed E-state index contributed by atoms with van der Waals surface area (Å²) in [5, 5.41) is 0. The first-order valence-electron chi connectivity index (χ1n) is 13.6. The lowest BCUT2D eigenvalue weighted by molar-refractivity contribution is -0.155. The fourth-order valence-electron chi connectivity index (χ4n) is 8.43. The fourth-order valence-corrected chi connectivity index (χ4v) is 8.43. The first-order valence-corrected chi connectivity index (χ1v) is 13.6. The van der Waals surface area contributed by atoms with Crippen molar-refractivity contribution in [1.29, 1.82) is 0 Å². The summed E-state index contributed by atoms with van der Waals surface area (Å²) in [5.74, 6) is 5.02. The lowest BCUT2D eigenvalue weighted by Gasteiger charge is -2.60. The van der Waals surface area contributed by atoms with Crippen molar-refractivity contribution in [2.45, 2.75) is 106 Å². The van der Waals surface area contributed by atoms with Gasteiger partial charge in [-0.25, -0.2) is 0 Å². The maximum Gasteiger partial charge on any atom is 0.302 e. The van der Waals surface area contributed by atoms with Gasteiger partial charge in [-0.2, -0.15) is 0 Å². The molecule has 0 radical (unpaired) electrons. The lowest BCUT2D eigenvalue weighted by atomic mass is 9.45. The normalized spacial score (nSPS) is 43.2. The molecule has 4 rings (SSSR count). The first-order chi connectivity index (χ1) is 15.1. The minimum absolute atomic E-state index is 0.103. The molecule has 2 heteroatoms. The summed E-state index contributed by atoms with van der Waals surface area (Å²) >= 11 is 0. The fraction of sp³-hybridized carbons (Fsp3) is 0.833. The Labute approximate surface area is 197 Å². The number of allylic oxidation sites excluding steroid dienone is 4. The summed E-state index contributed by atoms with van der Waals surface area (Å²) in [5.41, 5.74) is 2.65. The van der Waals surface area contributed by atoms with Crippen LogP contribution >= 0.6 is 0 Å². The van der Waals surface area contributed by atoms with Gasteiger partial charge in [-0.3, -0.25) is 4.79 Å². The van der Waals surface area contributed by atoms with Gasteiger partial charge in [-0.05, 0) is 104 Å². The standard InChI is InChI=1S/C30H48O2/c1-19(2)20(3)8-9-21(4)26-12-13-27-25-11-10-23-18-24(32-22(5)31)14-16-29(23,6)28(25)15-17-30(26,27)7/h8-9,13,19-21,23-26,28H,10-12,14-18H2,1-7H3. The third-order valence-corrected chi connectivity index (χ3v) is 10.8. The van der Waals surface area contributed by atoms with Crippen LogP contribution < -0.4 is 0 Å². The predicted octanol–water partition coefficient (Wildman–Crippen LogP) is 7.98. The van der Waals surface area contributed by atoms with E-state index in [4.69, 9.17) is 4.74 Å². The predicted molar refractivity (Wildman–Crippen MR) is 133 cm³/mol. The Hall–Kier alpha value is -1.05. The topological polar surface area (TPSA) is 26.3 Å². The zero-order chi connectivity index (χ0) is 23.3. The Morgan fingerprint density at radius 1 is 1.06 bits per heavy atom. The second-order valence-corrected chi connectivity index (χ2v) is 12.8. The van der Waals surface area contributed by atoms with Crippen LogP contribution in [0.25, 0.3) is 0 Å². The van der Waals surface area contributed by atoms with Gasteiger partial charge >= 0.3 is 5.97 Å². The van der Waals surface area contributed by atoms with Gasteiger partial charge in [0.25, 0.3) is 0 Å². The minimum atomic E-state index is -0.103. The van der Waals surface area contributed by atoms with E-state index in [0.29, 0.717) is 28.6 Å². The molecule has 0 spiro atoms. The van der Waals surface area contributed by atoms with E-state index >= 15 is 0 Å². The monoisotopic (exact) mass is 440 g/mol. The molecular formula is C30H48O2. The van der Waals surface area contributed by atoms with E-state index in [0.717, 1.165) is 36.5 Å². The maximum absolute atomic E-state index is 11.5. The van der Waals surface area contributed by atoms with Crippen molar-refractivity contribution < 1.29 is 9.53 Å². The number of esters is 1. The third kappa shape index (κ3) is 4.14. The van der Waals surface area contributed by atoms with Crippen LogP contribution in [0.5, 0.6) is 0 Å². The molecule has 0 aromatic carbocycles. The number of hydrogen-bond donors (Lipinski definition) is 0. The van der Waals surface area contributed by atoms with Crippen molar-refractivity contribution in [2.24, 2.45) is 52.3 Å². The van der Waals surface area contributed by atoms with Gasteiger partial charge in [0, 0.05) is 6.92 Å². The Kier molecular flexibility index (Phi) is 6.74. The van der Waals surface area contributed by atoms with Gasteiger partial charge < -0.3 is 4.74 Å². The second-order valence-electron chi connectivity index (χ2n) is 12.8. The summed E-state index contributed by atoms with van der Waals surface area (Å²) in [6, 6.07) is 0. The van der Waals surface area contributed by atoms with Crippen LogP contribution in [0.1, 0.15) is 99.8 Å². The van der Waals surface area contributed by atoms with Crippen LogP contribution in [-0.2, 0) is 9.53 Å². The molecule has 0 aliphatic heterocycles. The number of carbonyl (C=O) groups excluding carboxylic acids is 1. The number of fused-ring (bicyclic) bond motifs is 5. The van der Waals surface area contributed by atoms with Crippen LogP contribution in [-0.4, -0.2) is 12.1 Å². The highest BCUT2D eigenvalue weighted by molar-refractivity contribution is 5.66. The Morgan fingerprint density at radius 3 is 2.50 bits per heavy atom. The van der Waals surface area contributed by atoms with Gasteiger partial charge in [-0.1, -0.05) is 65.3 Å². The highest BCUT2D eigenvalue weighted by Gasteiger charge is 2.58. The summed E-state index contributed by atoms with van der Waals surface area (Å²) in [7, 11) is 0. The van der Waals surface area contributed by atoms with Crippen LogP contribution in [0.15, 0.2) is 23.8 Å². The molecule has 4 aliphatic rings. The molecule has 0 heterocycles. The third-order valence-electron chi connectivity index (χ3n) is 10.8. The summed E-state index contributed by atoms with van der Waals surface area (Å²) < 4.78 is 5.64. The van der Waals surface area contributed by atoms with Crippen LogP contribution in [0.3, 0.4) is 0 Å². The number of carbonyl (C=O) groups is 1. The van der Waals surface area contributed by atoms with E-state index in [2.05, 4.69) is 59.8 Å². The van der Waals surface area contributed by atoms with Gasteiger partial charge in [0.15, 0.2) is 0 Å². The van der Waals surface area contributed by atoms with E-state index in [9.17, 15) is 4.79 Å². The second kappa shape index (κ2) is 8.95. The highest BCUT2D eigenvalue weighted by atomic mass is 16.5. The Bertz CT molecular complexity index is 763. The van der Waals surface area contributed by atoms with E-state index in [1.54, 1.807) is 6.92 Å². The summed E-state index contributed by atoms with van der Waals surface area (Å²) in [6.07, 6.45) is 17.9. The van der Waals surface area contributed by atoms with Crippen molar-refractivity contribution in [1.82, 2.24) is 0 Å². The number of ether oxygens (including phenoxy) is 1. The Balaban J connectivity index is 1.48. The molecule has 0 aromatic heterocycles. The van der Waals surface area contributed by atoms with Gasteiger partial charge in [-0.15, -0.1) is 0 Å². The van der Waals surface area contributed by atoms with Gasteiger partial charge in [0.1, 0.15) is 6.10 Å². The molecule has 2 nitrogen and oxygen atoms in total. The molecule has 3 saturated carbocycles. The zero-order valence-corrected chi connectivity index (χ0v) is 21.8. The molecule has 0 aromatic rings. The molecule has 180 valence electrons. The van der Waals surface area contributed by atoms with Crippen LogP contribution in [0, 0.1) is 52.3 Å². The largest absolute Gasteiger partial charge is 0.463 e. The molecule has 9 unspecified atom stereocenters. The maximum atomic E-state index is 11.5. The van der Waals surface area contributed by atoms with Gasteiger partial charge in [0.05, 0.1) is 0 Å². The number of rotatable bonds is 5. The Morgan fingerprint density at radius 2 is 1.81 bits per heavy atom. The van der Waals surface area contributed by atoms with E-state index in [-0.39, 0.29) is 12.1 Å². The molecule has 0 amide bonds.